The summed E-state index contributed by atoms with van der Waals surface area (Å²) in [5, 5.41) is 0. The third kappa shape index (κ3) is 5.80. The molecule has 9 rings (SSSR count). The second-order valence-corrected chi connectivity index (χ2v) is 12.1. The zero-order chi connectivity index (χ0) is 33.3. The average molecular weight is 647 g/mol. The first-order valence-electron chi connectivity index (χ1n) is 16.6. The van der Waals surface area contributed by atoms with Crippen molar-refractivity contribution in [2.45, 2.75) is 0 Å². The quantitative estimate of drug-likeness (QED) is 0.191. The van der Waals surface area contributed by atoms with Crippen LogP contribution in [0.15, 0.2) is 200 Å². The molecule has 4 heteroatoms. The summed E-state index contributed by atoms with van der Waals surface area (Å²) in [5.74, 6) is 0. The molecule has 238 valence electrons. The standard InChI is InChI=1S/C46H30O4/c1-3-7-31(8-4-1)33-11-15-35(16-12-33)45-41-27-23-37(47-41)19-21-39-25-29-43(49-39)46(36-17-13-34(14-18-36)32-9-5-2-6-10-32)44-30-26-40(50-44)22-20-38-24-28-42(45)48-38/h1-30H. The molecule has 0 atom stereocenters. The van der Waals surface area contributed by atoms with Crippen molar-refractivity contribution in [3.63, 3.8) is 0 Å². The molecule has 0 unspecified atom stereocenters. The Morgan fingerprint density at radius 2 is 0.440 bits per heavy atom. The predicted octanol–water partition coefficient (Wildman–Crippen LogP) is 13.6. The van der Waals surface area contributed by atoms with E-state index in [2.05, 4.69) is 72.8 Å². The Bertz CT molecular complexity index is 2420. The van der Waals surface area contributed by atoms with E-state index in [0.717, 1.165) is 44.5 Å². The van der Waals surface area contributed by atoms with Gasteiger partial charge in [-0.3, -0.25) is 0 Å². The molecule has 9 aromatic rings. The van der Waals surface area contributed by atoms with Gasteiger partial charge in [-0.1, -0.05) is 109 Å². The molecule has 5 aromatic heterocycles. The first-order valence-corrected chi connectivity index (χ1v) is 16.6. The highest BCUT2D eigenvalue weighted by atomic mass is 16.4. The minimum atomic E-state index is 0.695. The number of hydrogen-bond donors (Lipinski definition) is 0. The first kappa shape index (κ1) is 29.4. The molecular weight excluding hydrogens is 617 g/mol. The maximum Gasteiger partial charge on any atom is 0.139 e. The number of fused-ring (bicyclic) bond motifs is 8. The topological polar surface area (TPSA) is 52.6 Å². The Balaban J connectivity index is 1.21. The van der Waals surface area contributed by atoms with E-state index in [9.17, 15) is 0 Å². The highest BCUT2D eigenvalue weighted by Crippen LogP contribution is 2.35. The van der Waals surface area contributed by atoms with Crippen LogP contribution in [-0.2, 0) is 0 Å². The van der Waals surface area contributed by atoms with Crippen LogP contribution < -0.4 is 0 Å². The van der Waals surface area contributed by atoms with E-state index in [1.165, 1.54) is 0 Å². The van der Waals surface area contributed by atoms with Gasteiger partial charge in [-0.05, 0) is 106 Å². The van der Waals surface area contributed by atoms with E-state index in [1.54, 1.807) is 0 Å². The smallest absolute Gasteiger partial charge is 0.139 e. The van der Waals surface area contributed by atoms with Gasteiger partial charge in [-0.15, -0.1) is 0 Å². The average Bonchev–Trinajstić information content (AvgIpc) is 4.01. The fourth-order valence-electron chi connectivity index (χ4n) is 6.37. The van der Waals surface area contributed by atoms with Gasteiger partial charge in [0.15, 0.2) is 0 Å². The lowest BCUT2D eigenvalue weighted by molar-refractivity contribution is 0.650. The summed E-state index contributed by atoms with van der Waals surface area (Å²) in [4.78, 5) is 0. The Morgan fingerprint density at radius 1 is 0.200 bits per heavy atom. The van der Waals surface area contributed by atoms with Crippen LogP contribution in [0.4, 0.5) is 0 Å². The fourth-order valence-corrected chi connectivity index (χ4v) is 6.37. The molecule has 0 radical (unpaired) electrons. The molecule has 0 spiro atoms. The minimum absolute atomic E-state index is 0.695. The predicted molar refractivity (Wildman–Crippen MR) is 203 cm³/mol. The second kappa shape index (κ2) is 12.7. The lowest BCUT2D eigenvalue weighted by Gasteiger charge is -2.05. The molecule has 0 fully saturated rings. The molecule has 0 aliphatic carbocycles. The van der Waals surface area contributed by atoms with Crippen LogP contribution in [0.2, 0.25) is 0 Å². The van der Waals surface area contributed by atoms with Gasteiger partial charge in [0, 0.05) is 0 Å². The first-order chi connectivity index (χ1) is 24.7. The Kier molecular flexibility index (Phi) is 7.45. The van der Waals surface area contributed by atoms with Gasteiger partial charge in [0.2, 0.25) is 0 Å². The molecule has 0 aliphatic rings. The highest BCUT2D eigenvalue weighted by molar-refractivity contribution is 5.92. The largest absolute Gasteiger partial charge is 0.457 e. The monoisotopic (exact) mass is 646 g/mol. The number of furan rings is 4. The van der Waals surface area contributed by atoms with Crippen LogP contribution in [0.3, 0.4) is 0 Å². The molecule has 50 heavy (non-hydrogen) atoms. The Labute approximate surface area is 288 Å². The van der Waals surface area contributed by atoms with Crippen LogP contribution in [0, 0.1) is 0 Å². The van der Waals surface area contributed by atoms with Crippen LogP contribution in [0.25, 0.3) is 89.2 Å². The van der Waals surface area contributed by atoms with Gasteiger partial charge in [0.05, 0.1) is 11.1 Å². The van der Waals surface area contributed by atoms with Crippen LogP contribution in [0.5, 0.6) is 0 Å². The lowest BCUT2D eigenvalue weighted by Crippen LogP contribution is -1.80. The molecular formula is C46H30O4. The Hall–Kier alpha value is -6.78. The SMILES string of the molecule is c1ccc(-c2ccc(-c3c4ccc(ccc5ccc(o5)c(-c5ccc(-c6ccccc6)cc5)c5ccc(ccc6ccc3o6)o5)o4)cc2)cc1. The van der Waals surface area contributed by atoms with Crippen LogP contribution >= 0.6 is 0 Å². The summed E-state index contributed by atoms with van der Waals surface area (Å²) in [6.45, 7) is 0. The van der Waals surface area contributed by atoms with E-state index in [-0.39, 0.29) is 0 Å². The van der Waals surface area contributed by atoms with E-state index in [0.29, 0.717) is 44.7 Å². The molecule has 0 saturated carbocycles. The molecule has 5 heterocycles. The van der Waals surface area contributed by atoms with Crippen molar-refractivity contribution in [1.29, 1.82) is 0 Å². The van der Waals surface area contributed by atoms with Crippen LogP contribution in [-0.4, -0.2) is 0 Å². The van der Waals surface area contributed by atoms with Crippen molar-refractivity contribution in [1.82, 2.24) is 0 Å². The zero-order valence-electron chi connectivity index (χ0n) is 27.0. The van der Waals surface area contributed by atoms with Crippen molar-refractivity contribution in [3.8, 4) is 44.5 Å². The summed E-state index contributed by atoms with van der Waals surface area (Å²) in [5.41, 5.74) is 13.9. The van der Waals surface area contributed by atoms with E-state index >= 15 is 0 Å². The van der Waals surface area contributed by atoms with Crippen LogP contribution in [0.1, 0.15) is 0 Å². The van der Waals surface area contributed by atoms with E-state index in [4.69, 9.17) is 17.7 Å². The third-order valence-corrected chi connectivity index (χ3v) is 8.88. The molecule has 8 bridgehead atoms. The van der Waals surface area contributed by atoms with Crippen molar-refractivity contribution in [2.75, 3.05) is 0 Å². The molecule has 0 amide bonds. The maximum absolute atomic E-state index is 6.42. The van der Waals surface area contributed by atoms with Gasteiger partial charge in [0.1, 0.15) is 44.7 Å². The summed E-state index contributed by atoms with van der Waals surface area (Å²) < 4.78 is 25.7. The van der Waals surface area contributed by atoms with Crippen molar-refractivity contribution in [3.05, 3.63) is 182 Å². The van der Waals surface area contributed by atoms with Gasteiger partial charge in [-0.2, -0.15) is 0 Å². The van der Waals surface area contributed by atoms with Crippen molar-refractivity contribution < 1.29 is 17.7 Å². The molecule has 0 aliphatic heterocycles. The molecule has 4 aromatic carbocycles. The van der Waals surface area contributed by atoms with E-state index < -0.39 is 0 Å². The zero-order valence-corrected chi connectivity index (χ0v) is 27.0. The number of rotatable bonds is 4. The number of hydrogen-bond acceptors (Lipinski definition) is 4. The number of benzene rings is 4. The normalized spacial score (nSPS) is 11.2. The summed E-state index contributed by atoms with van der Waals surface area (Å²) in [7, 11) is 0. The van der Waals surface area contributed by atoms with E-state index in [1.807, 2.05) is 109 Å². The fraction of sp³-hybridized carbons (Fsp3) is 0. The van der Waals surface area contributed by atoms with Gasteiger partial charge in [-0.25, -0.2) is 0 Å². The van der Waals surface area contributed by atoms with Crippen molar-refractivity contribution in [2.24, 2.45) is 0 Å². The molecule has 4 nitrogen and oxygen atoms in total. The Morgan fingerprint density at radius 3 is 0.740 bits per heavy atom. The van der Waals surface area contributed by atoms with Gasteiger partial charge < -0.3 is 17.7 Å². The van der Waals surface area contributed by atoms with Gasteiger partial charge >= 0.3 is 0 Å². The second-order valence-electron chi connectivity index (χ2n) is 12.1. The van der Waals surface area contributed by atoms with Gasteiger partial charge in [0.25, 0.3) is 0 Å². The summed E-state index contributed by atoms with van der Waals surface area (Å²) in [6.07, 6.45) is 0. The lowest BCUT2D eigenvalue weighted by atomic mass is 10.0. The summed E-state index contributed by atoms with van der Waals surface area (Å²) in [6, 6.07) is 61.1. The van der Waals surface area contributed by atoms with Crippen molar-refractivity contribution >= 4 is 44.7 Å². The molecule has 0 N–H and O–H groups in total. The summed E-state index contributed by atoms with van der Waals surface area (Å²) >= 11 is 0. The minimum Gasteiger partial charge on any atom is -0.457 e. The highest BCUT2D eigenvalue weighted by Gasteiger charge is 2.12. The molecule has 0 saturated heterocycles. The third-order valence-electron chi connectivity index (χ3n) is 8.88. The maximum atomic E-state index is 6.42.